The van der Waals surface area contributed by atoms with E-state index in [4.69, 9.17) is 0 Å². The van der Waals surface area contributed by atoms with E-state index in [-0.39, 0.29) is 0 Å². The number of likely N-dealkylation sites (tertiary alicyclic amines) is 1. The van der Waals surface area contributed by atoms with Crippen LogP contribution in [0.5, 0.6) is 0 Å². The van der Waals surface area contributed by atoms with Gasteiger partial charge in [0.05, 0.1) is 11.9 Å². The Kier molecular flexibility index (Phi) is 4.91. The van der Waals surface area contributed by atoms with Gasteiger partial charge < -0.3 is 5.32 Å². The van der Waals surface area contributed by atoms with E-state index in [9.17, 15) is 0 Å². The Balaban J connectivity index is 1.58. The molecule has 0 aliphatic carbocycles. The van der Waals surface area contributed by atoms with E-state index in [2.05, 4.69) is 38.5 Å². The van der Waals surface area contributed by atoms with Crippen molar-refractivity contribution in [3.8, 4) is 0 Å². The van der Waals surface area contributed by atoms with Gasteiger partial charge in [-0.25, -0.2) is 0 Å². The lowest BCUT2D eigenvalue weighted by Gasteiger charge is -2.32. The van der Waals surface area contributed by atoms with Crippen LogP contribution >= 0.6 is 0 Å². The Bertz CT molecular complexity index is 633. The van der Waals surface area contributed by atoms with E-state index in [1.807, 2.05) is 31.0 Å². The number of aromatic nitrogens is 4. The predicted molar refractivity (Wildman–Crippen MR) is 91.2 cm³/mol. The van der Waals surface area contributed by atoms with Gasteiger partial charge in [0, 0.05) is 38.4 Å². The highest BCUT2D eigenvalue weighted by atomic mass is 15.3. The standard InChI is InChI=1S/C17H26N6/c1-13-15(10-19-22(13)3)12-23-8-4-5-14(11-23)9-16-6-7-17(18-2)21-20-16/h6-7,10,14H,4-5,8-9,11-12H2,1-3H3,(H,18,21). The highest BCUT2D eigenvalue weighted by Crippen LogP contribution is 2.22. The Morgan fingerprint density at radius 1 is 1.30 bits per heavy atom. The summed E-state index contributed by atoms with van der Waals surface area (Å²) >= 11 is 0. The minimum atomic E-state index is 0.662. The lowest BCUT2D eigenvalue weighted by molar-refractivity contribution is 0.166. The second kappa shape index (κ2) is 7.08. The summed E-state index contributed by atoms with van der Waals surface area (Å²) in [4.78, 5) is 2.55. The number of anilines is 1. The molecule has 1 N–H and O–H groups in total. The molecule has 0 amide bonds. The van der Waals surface area contributed by atoms with Crippen LogP contribution in [-0.2, 0) is 20.0 Å². The third-order valence-corrected chi connectivity index (χ3v) is 4.81. The second-order valence-corrected chi connectivity index (χ2v) is 6.49. The zero-order valence-corrected chi connectivity index (χ0v) is 14.3. The molecule has 0 radical (unpaired) electrons. The smallest absolute Gasteiger partial charge is 0.148 e. The third kappa shape index (κ3) is 3.88. The van der Waals surface area contributed by atoms with Crippen molar-refractivity contribution in [3.63, 3.8) is 0 Å². The third-order valence-electron chi connectivity index (χ3n) is 4.81. The minimum Gasteiger partial charge on any atom is -0.372 e. The van der Waals surface area contributed by atoms with E-state index in [1.165, 1.54) is 30.6 Å². The fraction of sp³-hybridized carbons (Fsp3) is 0.588. The van der Waals surface area contributed by atoms with Gasteiger partial charge in [-0.15, -0.1) is 5.10 Å². The molecule has 1 fully saturated rings. The first kappa shape index (κ1) is 15.9. The molecule has 3 heterocycles. The van der Waals surface area contributed by atoms with Crippen molar-refractivity contribution in [3.05, 3.63) is 35.3 Å². The van der Waals surface area contributed by atoms with Gasteiger partial charge in [-0.1, -0.05) is 0 Å². The van der Waals surface area contributed by atoms with E-state index in [0.29, 0.717) is 5.92 Å². The molecule has 0 saturated carbocycles. The van der Waals surface area contributed by atoms with Crippen LogP contribution in [-0.4, -0.2) is 45.0 Å². The molecule has 0 aromatic carbocycles. The van der Waals surface area contributed by atoms with Crippen molar-refractivity contribution in [2.45, 2.75) is 32.7 Å². The summed E-state index contributed by atoms with van der Waals surface area (Å²) in [6.45, 7) is 5.45. The fourth-order valence-electron chi connectivity index (χ4n) is 3.30. The highest BCUT2D eigenvalue weighted by molar-refractivity contribution is 5.31. The molecule has 3 rings (SSSR count). The first-order valence-electron chi connectivity index (χ1n) is 8.36. The maximum absolute atomic E-state index is 4.35. The Hall–Kier alpha value is -1.95. The average molecular weight is 314 g/mol. The van der Waals surface area contributed by atoms with E-state index in [0.717, 1.165) is 31.0 Å². The molecular formula is C17H26N6. The van der Waals surface area contributed by atoms with Crippen LogP contribution < -0.4 is 5.32 Å². The molecule has 1 saturated heterocycles. The Labute approximate surface area is 137 Å². The molecule has 2 aromatic heterocycles. The maximum atomic E-state index is 4.35. The van der Waals surface area contributed by atoms with Crippen molar-refractivity contribution in [2.75, 3.05) is 25.5 Å². The summed E-state index contributed by atoms with van der Waals surface area (Å²) in [5.41, 5.74) is 3.69. The van der Waals surface area contributed by atoms with Crippen LogP contribution in [0.2, 0.25) is 0 Å². The van der Waals surface area contributed by atoms with E-state index >= 15 is 0 Å². The van der Waals surface area contributed by atoms with Crippen LogP contribution in [0, 0.1) is 12.8 Å². The summed E-state index contributed by atoms with van der Waals surface area (Å²) in [6.07, 6.45) is 5.55. The molecule has 124 valence electrons. The molecule has 1 aliphatic heterocycles. The predicted octanol–water partition coefficient (Wildman–Crippen LogP) is 2.01. The van der Waals surface area contributed by atoms with Crippen LogP contribution in [0.3, 0.4) is 0 Å². The van der Waals surface area contributed by atoms with Gasteiger partial charge in [0.25, 0.3) is 0 Å². The summed E-state index contributed by atoms with van der Waals surface area (Å²) < 4.78 is 1.95. The molecule has 6 heteroatoms. The Morgan fingerprint density at radius 2 is 2.17 bits per heavy atom. The highest BCUT2D eigenvalue weighted by Gasteiger charge is 2.21. The van der Waals surface area contributed by atoms with E-state index in [1.54, 1.807) is 0 Å². The summed E-state index contributed by atoms with van der Waals surface area (Å²) in [7, 11) is 3.87. The van der Waals surface area contributed by atoms with Crippen LogP contribution in [0.15, 0.2) is 18.3 Å². The van der Waals surface area contributed by atoms with Crippen molar-refractivity contribution >= 4 is 5.82 Å². The topological polar surface area (TPSA) is 58.9 Å². The first-order valence-corrected chi connectivity index (χ1v) is 8.36. The van der Waals surface area contributed by atoms with Gasteiger partial charge in [0.1, 0.15) is 5.82 Å². The van der Waals surface area contributed by atoms with Crippen LogP contribution in [0.1, 0.15) is 29.8 Å². The molecule has 0 spiro atoms. The normalized spacial score (nSPS) is 19.0. The van der Waals surface area contributed by atoms with Gasteiger partial charge in [-0.05, 0) is 50.8 Å². The monoisotopic (exact) mass is 314 g/mol. The van der Waals surface area contributed by atoms with Gasteiger partial charge in [-0.3, -0.25) is 9.58 Å². The SMILES string of the molecule is CNc1ccc(CC2CCCN(Cc3cnn(C)c3C)C2)nn1. The molecule has 0 bridgehead atoms. The maximum Gasteiger partial charge on any atom is 0.148 e. The van der Waals surface area contributed by atoms with Crippen molar-refractivity contribution in [2.24, 2.45) is 13.0 Å². The van der Waals surface area contributed by atoms with Gasteiger partial charge in [-0.2, -0.15) is 10.2 Å². The lowest BCUT2D eigenvalue weighted by atomic mass is 9.93. The number of piperidine rings is 1. The number of hydrogen-bond donors (Lipinski definition) is 1. The Morgan fingerprint density at radius 3 is 2.83 bits per heavy atom. The molecular weight excluding hydrogens is 288 g/mol. The zero-order chi connectivity index (χ0) is 16.2. The number of hydrogen-bond acceptors (Lipinski definition) is 5. The summed E-state index contributed by atoms with van der Waals surface area (Å²) in [6, 6.07) is 4.09. The van der Waals surface area contributed by atoms with Crippen molar-refractivity contribution < 1.29 is 0 Å². The van der Waals surface area contributed by atoms with E-state index < -0.39 is 0 Å². The largest absolute Gasteiger partial charge is 0.372 e. The lowest BCUT2D eigenvalue weighted by Crippen LogP contribution is -2.36. The molecule has 1 unspecified atom stereocenters. The van der Waals surface area contributed by atoms with Gasteiger partial charge in [0.15, 0.2) is 0 Å². The minimum absolute atomic E-state index is 0.662. The van der Waals surface area contributed by atoms with Crippen LogP contribution in [0.25, 0.3) is 0 Å². The second-order valence-electron chi connectivity index (χ2n) is 6.49. The first-order chi connectivity index (χ1) is 11.2. The fourth-order valence-corrected chi connectivity index (χ4v) is 3.30. The summed E-state index contributed by atoms with van der Waals surface area (Å²) in [5.74, 6) is 1.49. The van der Waals surface area contributed by atoms with Gasteiger partial charge >= 0.3 is 0 Å². The summed E-state index contributed by atoms with van der Waals surface area (Å²) in [5, 5.41) is 15.9. The number of aryl methyl sites for hydroxylation is 1. The quantitative estimate of drug-likeness (QED) is 0.915. The zero-order valence-electron chi connectivity index (χ0n) is 14.3. The molecule has 2 aromatic rings. The number of rotatable bonds is 5. The molecule has 1 aliphatic rings. The number of nitrogens with zero attached hydrogens (tertiary/aromatic N) is 5. The number of nitrogens with one attached hydrogen (secondary N) is 1. The van der Waals surface area contributed by atoms with Gasteiger partial charge in [0.2, 0.25) is 0 Å². The van der Waals surface area contributed by atoms with Crippen molar-refractivity contribution in [1.29, 1.82) is 0 Å². The molecule has 23 heavy (non-hydrogen) atoms. The molecule has 1 atom stereocenters. The van der Waals surface area contributed by atoms with Crippen LogP contribution in [0.4, 0.5) is 5.82 Å². The average Bonchev–Trinajstić information content (AvgIpc) is 2.88. The van der Waals surface area contributed by atoms with Crippen molar-refractivity contribution in [1.82, 2.24) is 24.9 Å². The molecule has 6 nitrogen and oxygen atoms in total.